The number of likely N-dealkylation sites (N-methyl/N-ethyl adjacent to an activating group) is 1. The number of nitrogens with one attached hydrogen (secondary N) is 1. The molecule has 2 aliphatic rings. The SMILES string of the molecule is C=CC=O.COCCOc1cc(F)ccc1-c1c(-c2ccc(=O)n(C3CCN(C)C3)c2)nc(-c2ccc3c(c2)CCNC3)c2ccsc12. The van der Waals surface area contributed by atoms with Gasteiger partial charge in [-0.25, -0.2) is 9.37 Å². The number of ether oxygens (including phenoxy) is 2. The molecule has 0 saturated carbocycles. The number of methoxy groups -OCH3 is 1. The zero-order valence-corrected chi connectivity index (χ0v) is 28.0. The summed E-state index contributed by atoms with van der Waals surface area (Å²) in [5.74, 6) is 0.0525. The summed E-state index contributed by atoms with van der Waals surface area (Å²) >= 11 is 1.63. The smallest absolute Gasteiger partial charge is 0.250 e. The second kappa shape index (κ2) is 15.2. The number of hydrogen-bond donors (Lipinski definition) is 1. The van der Waals surface area contributed by atoms with Crippen molar-refractivity contribution in [2.75, 3.05) is 47.0 Å². The highest BCUT2D eigenvalue weighted by Gasteiger charge is 2.26. The van der Waals surface area contributed by atoms with Gasteiger partial charge in [-0.05, 0) is 85.9 Å². The Hall–Kier alpha value is -4.48. The van der Waals surface area contributed by atoms with Crippen LogP contribution < -0.4 is 15.6 Å². The normalized spacial score (nSPS) is 15.9. The second-order valence-electron chi connectivity index (χ2n) is 12.0. The maximum Gasteiger partial charge on any atom is 0.250 e. The van der Waals surface area contributed by atoms with E-state index in [-0.39, 0.29) is 24.0 Å². The molecule has 0 amide bonds. The third-order valence-corrected chi connectivity index (χ3v) is 9.73. The number of fused-ring (bicyclic) bond motifs is 2. The largest absolute Gasteiger partial charge is 0.490 e. The minimum absolute atomic E-state index is 0.0262. The summed E-state index contributed by atoms with van der Waals surface area (Å²) in [5.41, 5.74) is 7.76. The van der Waals surface area contributed by atoms with Gasteiger partial charge in [0.1, 0.15) is 24.5 Å². The summed E-state index contributed by atoms with van der Waals surface area (Å²) < 4.78 is 28.8. The number of nitrogens with zero attached hydrogens (tertiary/aromatic N) is 3. The van der Waals surface area contributed by atoms with Crippen LogP contribution in [-0.2, 0) is 22.5 Å². The Morgan fingerprint density at radius 1 is 1.08 bits per heavy atom. The maximum absolute atomic E-state index is 14.6. The highest BCUT2D eigenvalue weighted by atomic mass is 32.1. The number of likely N-dealkylation sites (tertiary alicyclic amines) is 1. The number of benzene rings is 2. The molecule has 0 aliphatic carbocycles. The van der Waals surface area contributed by atoms with Crippen LogP contribution in [-0.4, -0.2) is 67.7 Å². The van der Waals surface area contributed by atoms with Crippen molar-refractivity contribution in [3.05, 3.63) is 106 Å². The van der Waals surface area contributed by atoms with Gasteiger partial charge < -0.3 is 24.3 Å². The monoisotopic (exact) mass is 666 g/mol. The molecule has 5 aromatic rings. The summed E-state index contributed by atoms with van der Waals surface area (Å²) in [5, 5.41) is 6.56. The van der Waals surface area contributed by atoms with Crippen molar-refractivity contribution in [2.24, 2.45) is 0 Å². The van der Waals surface area contributed by atoms with E-state index in [0.29, 0.717) is 18.6 Å². The van der Waals surface area contributed by atoms with E-state index < -0.39 is 0 Å². The number of aldehydes is 1. The molecule has 1 fully saturated rings. The third-order valence-electron chi connectivity index (χ3n) is 8.80. The van der Waals surface area contributed by atoms with Gasteiger partial charge in [0, 0.05) is 70.9 Å². The average Bonchev–Trinajstić information content (AvgIpc) is 3.78. The number of carbonyl (C=O) groups is 1. The van der Waals surface area contributed by atoms with Gasteiger partial charge in [-0.1, -0.05) is 18.7 Å². The lowest BCUT2D eigenvalue weighted by Gasteiger charge is -2.21. The number of allylic oxidation sites excluding steroid dienone is 1. The third kappa shape index (κ3) is 7.02. The highest BCUT2D eigenvalue weighted by Crippen LogP contribution is 2.46. The molecule has 8 nitrogen and oxygen atoms in total. The number of pyridine rings is 2. The summed E-state index contributed by atoms with van der Waals surface area (Å²) in [7, 11) is 3.69. The van der Waals surface area contributed by atoms with Gasteiger partial charge in [-0.3, -0.25) is 9.59 Å². The minimum atomic E-state index is -0.378. The zero-order chi connectivity index (χ0) is 33.6. The molecule has 1 unspecified atom stereocenters. The molecule has 0 radical (unpaired) electrons. The van der Waals surface area contributed by atoms with Crippen LogP contribution in [0.25, 0.3) is 43.7 Å². The lowest BCUT2D eigenvalue weighted by atomic mass is 9.93. The van der Waals surface area contributed by atoms with Gasteiger partial charge in [0.05, 0.1) is 24.0 Å². The molecule has 248 valence electrons. The number of rotatable bonds is 9. The van der Waals surface area contributed by atoms with E-state index in [4.69, 9.17) is 19.3 Å². The standard InChI is InChI=1S/C35H35FN4O3S.C3H4O/c1-39-13-10-27(21-39)40-20-25(5-8-31(40)41)34-32(28-7-6-26(36)18-30(28)43-15-14-42-2)35-29(11-16-44-35)33(38-34)23-3-4-24-19-37-12-9-22(24)17-23;1-2-3-4/h3-8,11,16-18,20,27,37H,9-10,12-15,19,21H2,1-2H3;2-3H,1H2. The van der Waals surface area contributed by atoms with Crippen molar-refractivity contribution < 1.29 is 18.7 Å². The number of aromatic nitrogens is 2. The molecule has 10 heteroatoms. The van der Waals surface area contributed by atoms with Crippen molar-refractivity contribution in [1.82, 2.24) is 19.8 Å². The Kier molecular flexibility index (Phi) is 10.6. The Bertz CT molecular complexity index is 2000. The molecule has 1 saturated heterocycles. The fourth-order valence-electron chi connectivity index (χ4n) is 6.45. The molecule has 1 atom stereocenters. The van der Waals surface area contributed by atoms with Crippen molar-refractivity contribution >= 4 is 27.7 Å². The van der Waals surface area contributed by atoms with Crippen LogP contribution in [0.3, 0.4) is 0 Å². The Labute approximate surface area is 283 Å². The van der Waals surface area contributed by atoms with Gasteiger partial charge >= 0.3 is 0 Å². The number of halogens is 1. The Morgan fingerprint density at radius 3 is 2.69 bits per heavy atom. The summed E-state index contributed by atoms with van der Waals surface area (Å²) in [6.07, 6.45) is 5.67. The Morgan fingerprint density at radius 2 is 1.92 bits per heavy atom. The summed E-state index contributed by atoms with van der Waals surface area (Å²) in [6.45, 7) is 7.36. The van der Waals surface area contributed by atoms with E-state index in [2.05, 4.69) is 53.5 Å². The number of hydrogen-bond acceptors (Lipinski definition) is 8. The molecule has 2 aliphatic heterocycles. The predicted octanol–water partition coefficient (Wildman–Crippen LogP) is 6.52. The van der Waals surface area contributed by atoms with E-state index in [0.717, 1.165) is 82.7 Å². The number of carbonyl (C=O) groups excluding carboxylic acids is 1. The first kappa shape index (κ1) is 33.4. The minimum Gasteiger partial charge on any atom is -0.490 e. The van der Waals surface area contributed by atoms with Crippen molar-refractivity contribution in [1.29, 1.82) is 0 Å². The second-order valence-corrected chi connectivity index (χ2v) is 12.9. The lowest BCUT2D eigenvalue weighted by Crippen LogP contribution is -2.25. The van der Waals surface area contributed by atoms with Crippen molar-refractivity contribution in [3.63, 3.8) is 0 Å². The molecule has 1 N–H and O–H groups in total. The van der Waals surface area contributed by atoms with Crippen molar-refractivity contribution in [2.45, 2.75) is 25.4 Å². The van der Waals surface area contributed by atoms with Crippen LogP contribution in [0.1, 0.15) is 23.6 Å². The molecule has 3 aromatic heterocycles. The van der Waals surface area contributed by atoms with E-state index in [9.17, 15) is 9.18 Å². The maximum atomic E-state index is 14.6. The van der Waals surface area contributed by atoms with Crippen LogP contribution in [0.15, 0.2) is 83.6 Å². The zero-order valence-electron chi connectivity index (χ0n) is 27.2. The summed E-state index contributed by atoms with van der Waals surface area (Å²) in [4.78, 5) is 29.8. The average molecular weight is 667 g/mol. The molecule has 0 spiro atoms. The van der Waals surface area contributed by atoms with E-state index in [1.165, 1.54) is 29.3 Å². The van der Waals surface area contributed by atoms with Gasteiger partial charge in [-0.15, -0.1) is 11.3 Å². The lowest BCUT2D eigenvalue weighted by molar-refractivity contribution is -0.104. The predicted molar refractivity (Wildman–Crippen MR) is 190 cm³/mol. The molecule has 2 aromatic carbocycles. The first-order valence-electron chi connectivity index (χ1n) is 16.0. The highest BCUT2D eigenvalue weighted by molar-refractivity contribution is 7.18. The fourth-order valence-corrected chi connectivity index (χ4v) is 7.41. The first-order chi connectivity index (χ1) is 23.4. The van der Waals surface area contributed by atoms with Gasteiger partial charge in [0.15, 0.2) is 0 Å². The van der Waals surface area contributed by atoms with Crippen LogP contribution in [0.5, 0.6) is 5.75 Å². The number of thiophene rings is 1. The molecule has 0 bridgehead atoms. The fraction of sp³-hybridized carbons (Fsp3) is 0.289. The molecule has 7 rings (SSSR count). The molecule has 48 heavy (non-hydrogen) atoms. The topological polar surface area (TPSA) is 85.7 Å². The van der Waals surface area contributed by atoms with Gasteiger partial charge in [0.2, 0.25) is 0 Å². The quantitative estimate of drug-likeness (QED) is 0.109. The summed E-state index contributed by atoms with van der Waals surface area (Å²) in [6, 6.07) is 17.0. The van der Waals surface area contributed by atoms with Crippen LogP contribution >= 0.6 is 11.3 Å². The van der Waals surface area contributed by atoms with Crippen LogP contribution in [0.2, 0.25) is 0 Å². The van der Waals surface area contributed by atoms with E-state index in [1.54, 1.807) is 30.6 Å². The van der Waals surface area contributed by atoms with Crippen molar-refractivity contribution in [3.8, 4) is 39.4 Å². The van der Waals surface area contributed by atoms with Crippen LogP contribution in [0.4, 0.5) is 4.39 Å². The van der Waals surface area contributed by atoms with E-state index in [1.807, 2.05) is 16.8 Å². The molecular weight excluding hydrogens is 628 g/mol. The Balaban J connectivity index is 0.000000952. The molecule has 5 heterocycles. The van der Waals surface area contributed by atoms with Crippen LogP contribution in [0, 0.1) is 5.82 Å². The first-order valence-corrected chi connectivity index (χ1v) is 16.9. The van der Waals surface area contributed by atoms with E-state index >= 15 is 0 Å². The molecular formula is C38H39FN4O4S. The van der Waals surface area contributed by atoms with Gasteiger partial charge in [0.25, 0.3) is 5.56 Å². The van der Waals surface area contributed by atoms with Gasteiger partial charge in [-0.2, -0.15) is 0 Å².